The lowest BCUT2D eigenvalue weighted by Crippen LogP contribution is -1.98. The number of phenols is 2. The molecule has 25 heavy (non-hydrogen) atoms. The number of hydrogen-bond donors (Lipinski definition) is 2. The fourth-order valence-electron chi connectivity index (χ4n) is 3.71. The molecule has 0 radical (unpaired) electrons. The van der Waals surface area contributed by atoms with Gasteiger partial charge in [0.25, 0.3) is 0 Å². The normalized spacial score (nSPS) is 12.1. The molecule has 3 aromatic heterocycles. The van der Waals surface area contributed by atoms with Crippen LogP contribution in [-0.4, -0.2) is 29.4 Å². The van der Waals surface area contributed by atoms with E-state index < -0.39 is 5.82 Å². The Morgan fingerprint density at radius 2 is 1.92 bits per heavy atom. The Bertz CT molecular complexity index is 1350. The zero-order chi connectivity index (χ0) is 17.5. The molecule has 0 bridgehead atoms. The summed E-state index contributed by atoms with van der Waals surface area (Å²) in [7, 11) is 1.77. The molecule has 124 valence electrons. The molecule has 2 N–H and O–H groups in total. The predicted molar refractivity (Wildman–Crippen MR) is 92.5 cm³/mol. The molecular weight excluding hydrogens is 323 g/mol. The van der Waals surface area contributed by atoms with Crippen molar-refractivity contribution in [3.8, 4) is 11.5 Å². The zero-order valence-corrected chi connectivity index (χ0v) is 13.4. The van der Waals surface area contributed by atoms with Gasteiger partial charge in [-0.05, 0) is 25.1 Å². The van der Waals surface area contributed by atoms with Crippen LogP contribution in [0.3, 0.4) is 0 Å². The molecule has 0 spiro atoms. The second kappa shape index (κ2) is 4.38. The Labute approximate surface area is 140 Å². The van der Waals surface area contributed by atoms with Gasteiger partial charge in [0.05, 0.1) is 16.6 Å². The van der Waals surface area contributed by atoms with Crippen LogP contribution in [0.15, 0.2) is 30.3 Å². The minimum Gasteiger partial charge on any atom is -0.508 e. The van der Waals surface area contributed by atoms with Gasteiger partial charge in [0.15, 0.2) is 0 Å². The van der Waals surface area contributed by atoms with Crippen LogP contribution in [0.2, 0.25) is 0 Å². The van der Waals surface area contributed by atoms with Crippen LogP contribution in [0, 0.1) is 12.7 Å². The van der Waals surface area contributed by atoms with Crippen LogP contribution in [0.4, 0.5) is 4.39 Å². The third-order valence-electron chi connectivity index (χ3n) is 4.62. The minimum atomic E-state index is -0.533. The van der Waals surface area contributed by atoms with Gasteiger partial charge in [-0.1, -0.05) is 6.07 Å². The standard InChI is InChI=1S/C18H13FN4O2/c1-8-14-15-10(6-9(24)7-11(15)19)17-20-12-4-3-5-13(25)16(12)23(17)18(14)22(2)21-8/h3-7,24-25H,1-2H3. The molecule has 7 heteroatoms. The molecule has 5 aromatic rings. The fraction of sp³-hybridized carbons (Fsp3) is 0.111. The number of fused-ring (bicyclic) bond motifs is 8. The summed E-state index contributed by atoms with van der Waals surface area (Å²) in [4.78, 5) is 4.57. The van der Waals surface area contributed by atoms with Gasteiger partial charge in [0.1, 0.15) is 34.1 Å². The summed E-state index contributed by atoms with van der Waals surface area (Å²) in [6, 6.07) is 7.64. The van der Waals surface area contributed by atoms with Crippen molar-refractivity contribution in [2.75, 3.05) is 0 Å². The summed E-state index contributed by atoms with van der Waals surface area (Å²) in [6.45, 7) is 1.80. The number of pyridine rings is 1. The topological polar surface area (TPSA) is 75.6 Å². The third kappa shape index (κ3) is 1.62. The Hall–Kier alpha value is -3.35. The van der Waals surface area contributed by atoms with Gasteiger partial charge < -0.3 is 10.2 Å². The Morgan fingerprint density at radius 3 is 2.72 bits per heavy atom. The monoisotopic (exact) mass is 336 g/mol. The van der Waals surface area contributed by atoms with Crippen molar-refractivity contribution >= 4 is 38.5 Å². The second-order valence-corrected chi connectivity index (χ2v) is 6.17. The van der Waals surface area contributed by atoms with E-state index in [9.17, 15) is 14.6 Å². The summed E-state index contributed by atoms with van der Waals surface area (Å²) >= 11 is 0. The largest absolute Gasteiger partial charge is 0.508 e. The number of para-hydroxylation sites is 1. The number of benzene rings is 2. The first-order valence-corrected chi connectivity index (χ1v) is 7.75. The van der Waals surface area contributed by atoms with Crippen molar-refractivity contribution < 1.29 is 14.6 Å². The molecular formula is C18H13FN4O2. The molecule has 0 aliphatic heterocycles. The van der Waals surface area contributed by atoms with Gasteiger partial charge in [0, 0.05) is 23.9 Å². The molecule has 0 aliphatic carbocycles. The van der Waals surface area contributed by atoms with E-state index in [-0.39, 0.29) is 11.5 Å². The molecule has 0 saturated carbocycles. The first-order chi connectivity index (χ1) is 12.0. The van der Waals surface area contributed by atoms with E-state index in [2.05, 4.69) is 10.1 Å². The summed E-state index contributed by atoms with van der Waals surface area (Å²) in [6.07, 6.45) is 0. The van der Waals surface area contributed by atoms with E-state index in [1.54, 1.807) is 41.3 Å². The number of hydrogen-bond acceptors (Lipinski definition) is 4. The smallest absolute Gasteiger partial charge is 0.147 e. The lowest BCUT2D eigenvalue weighted by molar-refractivity contribution is 0.471. The fourth-order valence-corrected chi connectivity index (χ4v) is 3.71. The van der Waals surface area contributed by atoms with Gasteiger partial charge >= 0.3 is 0 Å². The highest BCUT2D eigenvalue weighted by Gasteiger charge is 2.22. The number of halogens is 1. The predicted octanol–water partition coefficient (Wildman–Crippen LogP) is 3.39. The van der Waals surface area contributed by atoms with Crippen LogP contribution < -0.4 is 0 Å². The number of aromatic hydroxyl groups is 2. The van der Waals surface area contributed by atoms with Gasteiger partial charge in [-0.2, -0.15) is 5.10 Å². The highest BCUT2D eigenvalue weighted by Crippen LogP contribution is 2.38. The van der Waals surface area contributed by atoms with Crippen LogP contribution in [0.5, 0.6) is 11.5 Å². The maximum absolute atomic E-state index is 14.7. The maximum Gasteiger partial charge on any atom is 0.147 e. The first-order valence-electron chi connectivity index (χ1n) is 7.75. The summed E-state index contributed by atoms with van der Waals surface area (Å²) in [5, 5.41) is 26.2. The Kier molecular flexibility index (Phi) is 2.46. The van der Waals surface area contributed by atoms with Gasteiger partial charge in [-0.25, -0.2) is 9.37 Å². The van der Waals surface area contributed by atoms with Crippen LogP contribution >= 0.6 is 0 Å². The number of imidazole rings is 1. The lowest BCUT2D eigenvalue weighted by Gasteiger charge is -2.08. The van der Waals surface area contributed by atoms with Crippen LogP contribution in [-0.2, 0) is 7.05 Å². The minimum absolute atomic E-state index is 0.0742. The van der Waals surface area contributed by atoms with Crippen LogP contribution in [0.25, 0.3) is 38.5 Å². The Balaban J connectivity index is 2.28. The van der Waals surface area contributed by atoms with E-state index >= 15 is 0 Å². The molecule has 0 fully saturated rings. The van der Waals surface area contributed by atoms with E-state index in [0.717, 1.165) is 6.07 Å². The average molecular weight is 336 g/mol. The van der Waals surface area contributed by atoms with Crippen molar-refractivity contribution in [2.24, 2.45) is 7.05 Å². The van der Waals surface area contributed by atoms with E-state index in [0.29, 0.717) is 44.2 Å². The highest BCUT2D eigenvalue weighted by atomic mass is 19.1. The molecule has 0 saturated heterocycles. The van der Waals surface area contributed by atoms with Crippen molar-refractivity contribution in [1.82, 2.24) is 19.2 Å². The lowest BCUT2D eigenvalue weighted by atomic mass is 10.1. The van der Waals surface area contributed by atoms with Gasteiger partial charge in [-0.3, -0.25) is 9.08 Å². The summed E-state index contributed by atoms with van der Waals surface area (Å²) in [5.41, 5.74) is 2.85. The maximum atomic E-state index is 14.7. The van der Waals surface area contributed by atoms with E-state index in [1.807, 2.05) is 0 Å². The second-order valence-electron chi connectivity index (χ2n) is 6.17. The van der Waals surface area contributed by atoms with E-state index in [1.165, 1.54) is 6.07 Å². The van der Waals surface area contributed by atoms with Crippen molar-refractivity contribution in [3.63, 3.8) is 0 Å². The highest BCUT2D eigenvalue weighted by molar-refractivity contribution is 6.14. The van der Waals surface area contributed by atoms with Crippen LogP contribution in [0.1, 0.15) is 5.69 Å². The van der Waals surface area contributed by atoms with Gasteiger partial charge in [0.2, 0.25) is 0 Å². The van der Waals surface area contributed by atoms with Crippen molar-refractivity contribution in [3.05, 3.63) is 41.8 Å². The van der Waals surface area contributed by atoms with Gasteiger partial charge in [-0.15, -0.1) is 0 Å². The number of phenolic OH excluding ortho intramolecular Hbond substituents is 2. The molecule has 0 aliphatic rings. The SMILES string of the molecule is Cc1nn(C)c2c1c1c(F)cc(O)cc1c1nc3cccc(O)c3n12. The van der Waals surface area contributed by atoms with Crippen molar-refractivity contribution in [2.45, 2.75) is 6.92 Å². The van der Waals surface area contributed by atoms with E-state index in [4.69, 9.17) is 0 Å². The third-order valence-corrected chi connectivity index (χ3v) is 4.62. The summed E-state index contributed by atoms with van der Waals surface area (Å²) < 4.78 is 18.2. The molecule has 5 rings (SSSR count). The number of nitrogens with zero attached hydrogens (tertiary/aromatic N) is 4. The molecule has 0 unspecified atom stereocenters. The quantitative estimate of drug-likeness (QED) is 0.454. The number of aryl methyl sites for hydroxylation is 2. The number of rotatable bonds is 0. The molecule has 6 nitrogen and oxygen atoms in total. The Morgan fingerprint density at radius 1 is 1.12 bits per heavy atom. The average Bonchev–Trinajstić information content (AvgIpc) is 3.06. The number of aromatic nitrogens is 4. The zero-order valence-electron chi connectivity index (χ0n) is 13.4. The molecule has 0 atom stereocenters. The summed E-state index contributed by atoms with van der Waals surface area (Å²) in [5.74, 6) is -0.635. The molecule has 0 amide bonds. The molecule has 3 heterocycles. The molecule has 2 aromatic carbocycles. The first kappa shape index (κ1) is 14.0. The van der Waals surface area contributed by atoms with Crippen molar-refractivity contribution in [1.29, 1.82) is 0 Å².